The second-order valence-corrected chi connectivity index (χ2v) is 5.98. The number of carbonyl (C=O) groups excluding carboxylic acids is 1. The summed E-state index contributed by atoms with van der Waals surface area (Å²) in [5, 5.41) is 0. The van der Waals surface area contributed by atoms with Crippen LogP contribution in [0.25, 0.3) is 0 Å². The second kappa shape index (κ2) is 6.58. The zero-order valence-electron chi connectivity index (χ0n) is 12.9. The molecule has 3 heterocycles. The van der Waals surface area contributed by atoms with Crippen LogP contribution in [-0.2, 0) is 16.1 Å². The van der Waals surface area contributed by atoms with Gasteiger partial charge in [-0.1, -0.05) is 0 Å². The highest BCUT2D eigenvalue weighted by molar-refractivity contribution is 5.76. The van der Waals surface area contributed by atoms with E-state index in [-0.39, 0.29) is 23.6 Å². The summed E-state index contributed by atoms with van der Waals surface area (Å²) in [5.41, 5.74) is -0.125. The first kappa shape index (κ1) is 15.2. The number of carbonyl (C=O) groups is 1. The first-order valence-electron chi connectivity index (χ1n) is 7.75. The lowest BCUT2D eigenvalue weighted by Gasteiger charge is -2.46. The molecule has 2 fully saturated rings. The number of rotatable bonds is 3. The summed E-state index contributed by atoms with van der Waals surface area (Å²) >= 11 is 0. The molecule has 7 heteroatoms. The summed E-state index contributed by atoms with van der Waals surface area (Å²) < 4.78 is 7.28. The number of likely N-dealkylation sites (N-methyl/N-ethyl adjacent to an activating group) is 1. The Labute approximate surface area is 129 Å². The monoisotopic (exact) mass is 306 g/mol. The number of likely N-dealkylation sites (tertiary alicyclic amines) is 1. The van der Waals surface area contributed by atoms with Gasteiger partial charge < -0.3 is 14.5 Å². The van der Waals surface area contributed by atoms with Gasteiger partial charge in [-0.15, -0.1) is 0 Å². The van der Waals surface area contributed by atoms with Crippen LogP contribution in [0.15, 0.2) is 23.4 Å². The number of nitrogens with zero attached hydrogens (tertiary/aromatic N) is 4. The number of hydrogen-bond donors (Lipinski definition) is 0. The maximum atomic E-state index is 12.6. The molecule has 2 aliphatic rings. The Morgan fingerprint density at radius 1 is 1.45 bits per heavy atom. The van der Waals surface area contributed by atoms with E-state index in [4.69, 9.17) is 4.74 Å². The molecule has 2 aliphatic heterocycles. The minimum absolute atomic E-state index is 0.0874. The first-order valence-corrected chi connectivity index (χ1v) is 7.75. The van der Waals surface area contributed by atoms with E-state index < -0.39 is 0 Å². The van der Waals surface area contributed by atoms with Crippen molar-refractivity contribution in [3.8, 4) is 0 Å². The Morgan fingerprint density at radius 3 is 3.14 bits per heavy atom. The smallest absolute Gasteiger partial charge is 0.253 e. The zero-order chi connectivity index (χ0) is 15.5. The lowest BCUT2D eigenvalue weighted by atomic mass is 9.99. The van der Waals surface area contributed by atoms with Gasteiger partial charge in [-0.3, -0.25) is 14.2 Å². The minimum Gasteiger partial charge on any atom is -0.374 e. The highest BCUT2D eigenvalue weighted by atomic mass is 16.5. The molecule has 0 unspecified atom stereocenters. The topological polar surface area (TPSA) is 67.7 Å². The van der Waals surface area contributed by atoms with E-state index in [0.29, 0.717) is 26.1 Å². The molecular weight excluding hydrogens is 284 g/mol. The third-order valence-corrected chi connectivity index (χ3v) is 4.47. The molecule has 1 aromatic heterocycles. The van der Waals surface area contributed by atoms with Crippen LogP contribution in [-0.4, -0.2) is 70.7 Å². The van der Waals surface area contributed by atoms with Gasteiger partial charge in [0.2, 0.25) is 5.91 Å². The number of ether oxygens (including phenoxy) is 1. The zero-order valence-corrected chi connectivity index (χ0v) is 12.9. The van der Waals surface area contributed by atoms with Gasteiger partial charge in [0.05, 0.1) is 25.1 Å². The van der Waals surface area contributed by atoms with Crippen LogP contribution in [0.4, 0.5) is 0 Å². The van der Waals surface area contributed by atoms with E-state index in [0.717, 1.165) is 19.5 Å². The van der Waals surface area contributed by atoms with E-state index in [1.165, 1.54) is 23.2 Å². The van der Waals surface area contributed by atoms with Gasteiger partial charge in [-0.2, -0.15) is 0 Å². The Balaban J connectivity index is 1.63. The van der Waals surface area contributed by atoms with E-state index in [1.807, 2.05) is 4.90 Å². The molecule has 0 radical (unpaired) electrons. The number of morpholine rings is 1. The molecule has 0 saturated carbocycles. The lowest BCUT2D eigenvalue weighted by molar-refractivity contribution is -0.152. The van der Waals surface area contributed by atoms with Crippen molar-refractivity contribution in [2.45, 2.75) is 31.5 Å². The van der Waals surface area contributed by atoms with Gasteiger partial charge in [-0.25, -0.2) is 4.98 Å². The Hall–Kier alpha value is -1.73. The van der Waals surface area contributed by atoms with E-state index >= 15 is 0 Å². The maximum Gasteiger partial charge on any atom is 0.253 e. The average Bonchev–Trinajstić information content (AvgIpc) is 2.53. The van der Waals surface area contributed by atoms with Gasteiger partial charge in [0.25, 0.3) is 5.56 Å². The van der Waals surface area contributed by atoms with Crippen molar-refractivity contribution in [2.24, 2.45) is 0 Å². The maximum absolute atomic E-state index is 12.6. The predicted molar refractivity (Wildman–Crippen MR) is 80.5 cm³/mol. The van der Waals surface area contributed by atoms with Gasteiger partial charge in [0.1, 0.15) is 0 Å². The van der Waals surface area contributed by atoms with E-state index in [1.54, 1.807) is 0 Å². The molecule has 0 bridgehead atoms. The van der Waals surface area contributed by atoms with Crippen molar-refractivity contribution in [3.05, 3.63) is 28.9 Å². The average molecular weight is 306 g/mol. The summed E-state index contributed by atoms with van der Waals surface area (Å²) in [6.45, 7) is 3.47. The molecule has 2 atom stereocenters. The van der Waals surface area contributed by atoms with Crippen LogP contribution in [0.3, 0.4) is 0 Å². The molecule has 0 aliphatic carbocycles. The van der Waals surface area contributed by atoms with Crippen LogP contribution in [0.1, 0.15) is 12.8 Å². The van der Waals surface area contributed by atoms with Crippen molar-refractivity contribution in [1.82, 2.24) is 19.4 Å². The van der Waals surface area contributed by atoms with Crippen molar-refractivity contribution >= 4 is 5.91 Å². The predicted octanol–water partition coefficient (Wildman–Crippen LogP) is -0.435. The fraction of sp³-hybridized carbons (Fsp3) is 0.667. The normalized spacial score (nSPS) is 25.8. The van der Waals surface area contributed by atoms with Crippen LogP contribution in [0, 0.1) is 0 Å². The fourth-order valence-corrected chi connectivity index (χ4v) is 3.25. The van der Waals surface area contributed by atoms with Crippen molar-refractivity contribution < 1.29 is 9.53 Å². The number of hydrogen-bond acceptors (Lipinski definition) is 5. The number of aromatic nitrogens is 2. The number of aryl methyl sites for hydroxylation is 1. The largest absolute Gasteiger partial charge is 0.374 e. The quantitative estimate of drug-likeness (QED) is 0.758. The Kier molecular flexibility index (Phi) is 4.54. The van der Waals surface area contributed by atoms with Gasteiger partial charge in [0.15, 0.2) is 0 Å². The third kappa shape index (κ3) is 3.20. The Morgan fingerprint density at radius 2 is 2.32 bits per heavy atom. The molecule has 3 rings (SSSR count). The molecule has 7 nitrogen and oxygen atoms in total. The number of fused-ring (bicyclic) bond motifs is 1. The first-order chi connectivity index (χ1) is 10.6. The molecule has 1 amide bonds. The molecule has 0 aromatic carbocycles. The van der Waals surface area contributed by atoms with Crippen LogP contribution in [0.5, 0.6) is 0 Å². The molecule has 0 N–H and O–H groups in total. The molecule has 120 valence electrons. The summed E-state index contributed by atoms with van der Waals surface area (Å²) in [6.07, 6.45) is 4.37. The van der Waals surface area contributed by atoms with E-state index in [9.17, 15) is 9.59 Å². The summed E-state index contributed by atoms with van der Waals surface area (Å²) in [6, 6.07) is 1.54. The van der Waals surface area contributed by atoms with Gasteiger partial charge in [-0.05, 0) is 13.5 Å². The molecule has 2 saturated heterocycles. The Bertz CT molecular complexity index is 588. The third-order valence-electron chi connectivity index (χ3n) is 4.47. The minimum atomic E-state index is -0.125. The second-order valence-electron chi connectivity index (χ2n) is 5.98. The molecule has 1 aromatic rings. The fourth-order valence-electron chi connectivity index (χ4n) is 3.25. The highest BCUT2D eigenvalue weighted by Gasteiger charge is 2.38. The highest BCUT2D eigenvalue weighted by Crippen LogP contribution is 2.23. The summed E-state index contributed by atoms with van der Waals surface area (Å²) in [7, 11) is 2.07. The SMILES string of the molecule is CN1CC[C@H]2OCCN(C(=O)CCn3cnccc3=O)[C@H]2C1. The number of amides is 1. The molecular formula is C15H22N4O3. The van der Waals surface area contributed by atoms with Gasteiger partial charge in [0, 0.05) is 44.9 Å². The molecule has 0 spiro atoms. The van der Waals surface area contributed by atoms with Crippen molar-refractivity contribution in [1.29, 1.82) is 0 Å². The van der Waals surface area contributed by atoms with Crippen molar-refractivity contribution in [3.63, 3.8) is 0 Å². The molecule has 22 heavy (non-hydrogen) atoms. The van der Waals surface area contributed by atoms with Crippen LogP contribution >= 0.6 is 0 Å². The van der Waals surface area contributed by atoms with Gasteiger partial charge >= 0.3 is 0 Å². The van der Waals surface area contributed by atoms with Crippen LogP contribution in [0.2, 0.25) is 0 Å². The van der Waals surface area contributed by atoms with Crippen molar-refractivity contribution in [2.75, 3.05) is 33.3 Å². The number of piperidine rings is 1. The van der Waals surface area contributed by atoms with E-state index in [2.05, 4.69) is 16.9 Å². The standard InChI is InChI=1S/C15H22N4O3/c1-17-6-3-13-12(10-17)19(8-9-22-13)15(21)4-7-18-11-16-5-2-14(18)20/h2,5,11-13H,3-4,6-10H2,1H3/t12-,13+/m0/s1. The summed E-state index contributed by atoms with van der Waals surface area (Å²) in [5.74, 6) is 0.0874. The summed E-state index contributed by atoms with van der Waals surface area (Å²) in [4.78, 5) is 32.3. The lowest BCUT2D eigenvalue weighted by Crippen LogP contribution is -2.60. The van der Waals surface area contributed by atoms with Crippen LogP contribution < -0.4 is 5.56 Å².